The van der Waals surface area contributed by atoms with Gasteiger partial charge in [0.05, 0.1) is 11.7 Å². The summed E-state index contributed by atoms with van der Waals surface area (Å²) < 4.78 is 5.78. The lowest BCUT2D eigenvalue weighted by atomic mass is 10.1. The second-order valence-corrected chi connectivity index (χ2v) is 5.36. The molecule has 0 radical (unpaired) electrons. The van der Waals surface area contributed by atoms with E-state index < -0.39 is 0 Å². The highest BCUT2D eigenvalue weighted by molar-refractivity contribution is 7.82. The van der Waals surface area contributed by atoms with Crippen molar-refractivity contribution in [3.8, 4) is 0 Å². The SMILES string of the molecule is C=CCOC(=O)N1CCC=CC1c1csc(S)n1. The Balaban J connectivity index is 2.15. The third-order valence-electron chi connectivity index (χ3n) is 2.56. The Bertz CT molecular complexity index is 470. The summed E-state index contributed by atoms with van der Waals surface area (Å²) in [6.45, 7) is 4.39. The van der Waals surface area contributed by atoms with Gasteiger partial charge in [0.25, 0.3) is 0 Å². The molecule has 0 aliphatic carbocycles. The van der Waals surface area contributed by atoms with Crippen molar-refractivity contribution >= 4 is 30.1 Å². The predicted molar refractivity (Wildman–Crippen MR) is 74.1 cm³/mol. The zero-order valence-corrected chi connectivity index (χ0v) is 11.5. The largest absolute Gasteiger partial charge is 0.445 e. The minimum absolute atomic E-state index is 0.159. The predicted octanol–water partition coefficient (Wildman–Crippen LogP) is 3.06. The smallest absolute Gasteiger partial charge is 0.410 e. The van der Waals surface area contributed by atoms with Crippen LogP contribution in [0, 0.1) is 0 Å². The molecule has 96 valence electrons. The van der Waals surface area contributed by atoms with Gasteiger partial charge in [0.2, 0.25) is 0 Å². The first-order valence-corrected chi connectivity index (χ1v) is 6.90. The summed E-state index contributed by atoms with van der Waals surface area (Å²) in [6.07, 6.45) is 6.08. The summed E-state index contributed by atoms with van der Waals surface area (Å²) >= 11 is 5.65. The molecule has 1 aromatic rings. The van der Waals surface area contributed by atoms with E-state index in [0.29, 0.717) is 10.9 Å². The van der Waals surface area contributed by atoms with Crippen LogP contribution in [0.4, 0.5) is 4.79 Å². The van der Waals surface area contributed by atoms with E-state index in [1.54, 1.807) is 11.0 Å². The van der Waals surface area contributed by atoms with E-state index in [2.05, 4.69) is 30.3 Å². The van der Waals surface area contributed by atoms with Crippen molar-refractivity contribution in [2.24, 2.45) is 0 Å². The van der Waals surface area contributed by atoms with Gasteiger partial charge in [0.15, 0.2) is 0 Å². The van der Waals surface area contributed by atoms with Crippen LogP contribution >= 0.6 is 24.0 Å². The number of thiazole rings is 1. The monoisotopic (exact) mass is 282 g/mol. The lowest BCUT2D eigenvalue weighted by Crippen LogP contribution is -2.37. The lowest BCUT2D eigenvalue weighted by molar-refractivity contribution is 0.100. The molecule has 1 aromatic heterocycles. The molecule has 1 unspecified atom stereocenters. The maximum Gasteiger partial charge on any atom is 0.410 e. The quantitative estimate of drug-likeness (QED) is 0.684. The number of hydrogen-bond donors (Lipinski definition) is 1. The van der Waals surface area contributed by atoms with Crippen LogP contribution in [0.3, 0.4) is 0 Å². The molecule has 1 aliphatic heterocycles. The van der Waals surface area contributed by atoms with Gasteiger partial charge in [0.1, 0.15) is 10.9 Å². The van der Waals surface area contributed by atoms with Crippen LogP contribution in [0.25, 0.3) is 0 Å². The average Bonchev–Trinajstić information content (AvgIpc) is 2.82. The molecule has 0 bridgehead atoms. The van der Waals surface area contributed by atoms with Crippen LogP contribution in [0.2, 0.25) is 0 Å². The fourth-order valence-corrected chi connectivity index (χ4v) is 2.62. The molecule has 0 fully saturated rings. The zero-order valence-electron chi connectivity index (χ0n) is 9.78. The fourth-order valence-electron chi connectivity index (χ4n) is 1.77. The normalized spacial score (nSPS) is 18.7. The van der Waals surface area contributed by atoms with Crippen LogP contribution < -0.4 is 0 Å². The van der Waals surface area contributed by atoms with E-state index in [-0.39, 0.29) is 18.7 Å². The molecular formula is C12H14N2O2S2. The number of nitrogens with zero attached hydrogens (tertiary/aromatic N) is 2. The number of thiol groups is 1. The molecule has 0 spiro atoms. The van der Waals surface area contributed by atoms with Crippen LogP contribution in [0.1, 0.15) is 18.2 Å². The van der Waals surface area contributed by atoms with Crippen molar-refractivity contribution in [3.05, 3.63) is 35.9 Å². The van der Waals surface area contributed by atoms with Crippen molar-refractivity contribution in [3.63, 3.8) is 0 Å². The van der Waals surface area contributed by atoms with E-state index in [1.807, 2.05) is 11.5 Å². The number of aromatic nitrogens is 1. The van der Waals surface area contributed by atoms with Crippen LogP contribution in [-0.2, 0) is 4.74 Å². The topological polar surface area (TPSA) is 42.4 Å². The summed E-state index contributed by atoms with van der Waals surface area (Å²) in [5.74, 6) is 0. The van der Waals surface area contributed by atoms with Gasteiger partial charge in [-0.3, -0.25) is 4.90 Å². The maximum atomic E-state index is 11.9. The van der Waals surface area contributed by atoms with Crippen LogP contribution in [0.15, 0.2) is 34.5 Å². The molecule has 2 rings (SSSR count). The molecular weight excluding hydrogens is 268 g/mol. The van der Waals surface area contributed by atoms with Crippen molar-refractivity contribution in [2.45, 2.75) is 16.8 Å². The molecule has 1 amide bonds. The van der Waals surface area contributed by atoms with Gasteiger partial charge in [-0.15, -0.1) is 24.0 Å². The lowest BCUT2D eigenvalue weighted by Gasteiger charge is -2.30. The molecule has 2 heterocycles. The first-order valence-electron chi connectivity index (χ1n) is 5.57. The maximum absolute atomic E-state index is 11.9. The highest BCUT2D eigenvalue weighted by Gasteiger charge is 2.27. The van der Waals surface area contributed by atoms with E-state index in [4.69, 9.17) is 4.74 Å². The van der Waals surface area contributed by atoms with E-state index >= 15 is 0 Å². The summed E-state index contributed by atoms with van der Waals surface area (Å²) in [6, 6.07) is -0.159. The molecule has 0 saturated heterocycles. The van der Waals surface area contributed by atoms with E-state index in [1.165, 1.54) is 11.3 Å². The Labute approximate surface area is 115 Å². The van der Waals surface area contributed by atoms with Gasteiger partial charge >= 0.3 is 6.09 Å². The molecule has 0 saturated carbocycles. The Morgan fingerprint density at radius 2 is 2.61 bits per heavy atom. The molecule has 1 atom stereocenters. The summed E-state index contributed by atoms with van der Waals surface area (Å²) in [7, 11) is 0. The van der Waals surface area contributed by atoms with Crippen molar-refractivity contribution in [2.75, 3.05) is 13.2 Å². The Kier molecular flexibility index (Phi) is 4.43. The van der Waals surface area contributed by atoms with Gasteiger partial charge in [0, 0.05) is 11.9 Å². The molecule has 0 N–H and O–H groups in total. The second kappa shape index (κ2) is 6.06. The van der Waals surface area contributed by atoms with Crippen molar-refractivity contribution < 1.29 is 9.53 Å². The molecule has 4 nitrogen and oxygen atoms in total. The third kappa shape index (κ3) is 2.94. The van der Waals surface area contributed by atoms with Crippen LogP contribution in [-0.4, -0.2) is 29.1 Å². The Morgan fingerprint density at radius 3 is 3.28 bits per heavy atom. The highest BCUT2D eigenvalue weighted by atomic mass is 32.2. The van der Waals surface area contributed by atoms with Gasteiger partial charge in [-0.2, -0.15) is 0 Å². The number of amides is 1. The number of carbonyl (C=O) groups excluding carboxylic acids is 1. The molecule has 0 aromatic carbocycles. The van der Waals surface area contributed by atoms with Crippen LogP contribution in [0.5, 0.6) is 0 Å². The first-order chi connectivity index (χ1) is 8.72. The zero-order chi connectivity index (χ0) is 13.0. The van der Waals surface area contributed by atoms with Crippen molar-refractivity contribution in [1.82, 2.24) is 9.88 Å². The highest BCUT2D eigenvalue weighted by Crippen LogP contribution is 2.28. The minimum Gasteiger partial charge on any atom is -0.445 e. The Morgan fingerprint density at radius 1 is 1.78 bits per heavy atom. The summed E-state index contributed by atoms with van der Waals surface area (Å²) in [5, 5.41) is 1.91. The number of rotatable bonds is 3. The molecule has 18 heavy (non-hydrogen) atoms. The van der Waals surface area contributed by atoms with E-state index in [9.17, 15) is 4.79 Å². The molecule has 6 heteroatoms. The second-order valence-electron chi connectivity index (χ2n) is 3.78. The van der Waals surface area contributed by atoms with E-state index in [0.717, 1.165) is 12.1 Å². The van der Waals surface area contributed by atoms with Gasteiger partial charge in [-0.1, -0.05) is 24.8 Å². The third-order valence-corrected chi connectivity index (χ3v) is 3.64. The Hall–Kier alpha value is -1.27. The fraction of sp³-hybridized carbons (Fsp3) is 0.333. The summed E-state index contributed by atoms with van der Waals surface area (Å²) in [5.41, 5.74) is 0.830. The average molecular weight is 282 g/mol. The summed E-state index contributed by atoms with van der Waals surface area (Å²) in [4.78, 5) is 17.9. The standard InChI is InChI=1S/C12H14N2O2S2/c1-2-7-16-12(15)14-6-4-3-5-10(14)9-8-18-11(17)13-9/h2-3,5,8,10H,1,4,6-7H2,(H,13,17). The minimum atomic E-state index is -0.335. The van der Waals surface area contributed by atoms with Gasteiger partial charge in [-0.05, 0) is 6.42 Å². The molecule has 1 aliphatic rings. The number of carbonyl (C=O) groups is 1. The number of hydrogen-bond acceptors (Lipinski definition) is 5. The first kappa shape index (κ1) is 13.2. The van der Waals surface area contributed by atoms with Gasteiger partial charge < -0.3 is 4.74 Å². The van der Waals surface area contributed by atoms with Crippen molar-refractivity contribution in [1.29, 1.82) is 0 Å². The van der Waals surface area contributed by atoms with Gasteiger partial charge in [-0.25, -0.2) is 9.78 Å². The number of ether oxygens (including phenoxy) is 1.